The average molecular weight is 494 g/mol. The van der Waals surface area contributed by atoms with Gasteiger partial charge in [0.05, 0.1) is 5.02 Å². The SMILES string of the molecule is O=S(=O)(O)C(c1ccc(Cl)cc1)(c1cc(Cl)ccc1O)c1cc(Cl)cc(Cl)c1O. The average Bonchev–Trinajstić information content (AvgIpc) is 2.62. The van der Waals surface area contributed by atoms with Gasteiger partial charge in [-0.05, 0) is 48.0 Å². The van der Waals surface area contributed by atoms with Gasteiger partial charge < -0.3 is 10.2 Å². The van der Waals surface area contributed by atoms with Crippen molar-refractivity contribution in [3.05, 3.63) is 91.4 Å². The van der Waals surface area contributed by atoms with E-state index in [9.17, 15) is 23.2 Å². The van der Waals surface area contributed by atoms with E-state index in [2.05, 4.69) is 0 Å². The molecule has 0 aliphatic heterocycles. The van der Waals surface area contributed by atoms with E-state index in [1.54, 1.807) is 0 Å². The fourth-order valence-electron chi connectivity index (χ4n) is 3.19. The summed E-state index contributed by atoms with van der Waals surface area (Å²) in [5, 5.41) is 21.3. The summed E-state index contributed by atoms with van der Waals surface area (Å²) in [7, 11) is -5.13. The Bertz CT molecular complexity index is 1200. The first-order valence-corrected chi connectivity index (χ1v) is 10.8. The van der Waals surface area contributed by atoms with E-state index in [4.69, 9.17) is 46.4 Å². The van der Waals surface area contributed by atoms with Crippen molar-refractivity contribution >= 4 is 56.5 Å². The highest BCUT2D eigenvalue weighted by Gasteiger charge is 2.52. The van der Waals surface area contributed by atoms with Crippen LogP contribution in [-0.4, -0.2) is 23.2 Å². The fraction of sp³-hybridized carbons (Fsp3) is 0.0526. The monoisotopic (exact) mass is 492 g/mol. The van der Waals surface area contributed by atoms with Crippen LogP contribution in [0.15, 0.2) is 54.6 Å². The molecular formula is C19H12Cl4O5S. The summed E-state index contributed by atoms with van der Waals surface area (Å²) >= 11 is 24.1. The molecule has 1 atom stereocenters. The van der Waals surface area contributed by atoms with Gasteiger partial charge in [0.1, 0.15) is 11.5 Å². The topological polar surface area (TPSA) is 94.8 Å². The highest BCUT2D eigenvalue weighted by Crippen LogP contribution is 2.52. The third kappa shape index (κ3) is 3.77. The molecule has 0 aromatic heterocycles. The summed E-state index contributed by atoms with van der Waals surface area (Å²) in [4.78, 5) is 0. The number of aromatic hydroxyl groups is 2. The van der Waals surface area contributed by atoms with Gasteiger partial charge in [0.25, 0.3) is 10.1 Å². The molecule has 0 radical (unpaired) electrons. The van der Waals surface area contributed by atoms with Crippen LogP contribution in [0.2, 0.25) is 20.1 Å². The van der Waals surface area contributed by atoms with E-state index >= 15 is 0 Å². The molecule has 3 aromatic carbocycles. The molecule has 5 nitrogen and oxygen atoms in total. The highest BCUT2D eigenvalue weighted by atomic mass is 35.5. The lowest BCUT2D eigenvalue weighted by Gasteiger charge is -2.33. The Morgan fingerprint density at radius 3 is 1.86 bits per heavy atom. The van der Waals surface area contributed by atoms with Gasteiger partial charge >= 0.3 is 0 Å². The molecule has 10 heteroatoms. The molecule has 0 aliphatic rings. The first kappa shape index (κ1) is 22.0. The zero-order valence-corrected chi connectivity index (χ0v) is 18.1. The van der Waals surface area contributed by atoms with Crippen molar-refractivity contribution in [2.45, 2.75) is 4.75 Å². The maximum atomic E-state index is 12.9. The summed E-state index contributed by atoms with van der Waals surface area (Å²) in [6.07, 6.45) is 0. The van der Waals surface area contributed by atoms with Gasteiger partial charge in [0.15, 0.2) is 4.75 Å². The molecular weight excluding hydrogens is 482 g/mol. The number of phenolic OH excluding ortho intramolecular Hbond substituents is 2. The van der Waals surface area contributed by atoms with Crippen LogP contribution in [0.3, 0.4) is 0 Å². The van der Waals surface area contributed by atoms with E-state index in [1.165, 1.54) is 36.4 Å². The van der Waals surface area contributed by atoms with Gasteiger partial charge in [0.2, 0.25) is 0 Å². The van der Waals surface area contributed by atoms with Crippen LogP contribution in [0.1, 0.15) is 16.7 Å². The van der Waals surface area contributed by atoms with Crippen molar-refractivity contribution in [1.29, 1.82) is 0 Å². The first-order chi connectivity index (χ1) is 13.5. The number of hydrogen-bond donors (Lipinski definition) is 3. The lowest BCUT2D eigenvalue weighted by Crippen LogP contribution is -2.38. The normalized spacial score (nSPS) is 13.8. The Kier molecular flexibility index (Phi) is 5.98. The van der Waals surface area contributed by atoms with Gasteiger partial charge in [-0.3, -0.25) is 4.55 Å². The molecule has 0 fully saturated rings. The van der Waals surface area contributed by atoms with Crippen molar-refractivity contribution in [2.24, 2.45) is 0 Å². The second-order valence-corrected chi connectivity index (χ2v) is 9.39. The molecule has 0 saturated heterocycles. The number of rotatable bonds is 4. The van der Waals surface area contributed by atoms with Crippen LogP contribution in [0.4, 0.5) is 0 Å². The minimum atomic E-state index is -5.13. The van der Waals surface area contributed by atoms with Crippen LogP contribution < -0.4 is 0 Å². The van der Waals surface area contributed by atoms with E-state index in [1.807, 2.05) is 0 Å². The maximum Gasteiger partial charge on any atom is 0.283 e. The molecule has 0 aliphatic carbocycles. The third-order valence-electron chi connectivity index (χ3n) is 4.38. The first-order valence-electron chi connectivity index (χ1n) is 7.89. The maximum absolute atomic E-state index is 12.9. The van der Waals surface area contributed by atoms with Gasteiger partial charge in [-0.2, -0.15) is 8.42 Å². The molecule has 3 N–H and O–H groups in total. The standard InChI is InChI=1S/C19H12Cl4O5S/c20-11-3-1-10(2-4-11)19(29(26,27)28,14-7-12(21)5-6-17(14)24)15-8-13(22)9-16(23)18(15)25/h1-9,24-25H,(H,26,27,28). The van der Waals surface area contributed by atoms with Crippen LogP contribution >= 0.6 is 46.4 Å². The van der Waals surface area contributed by atoms with Crippen LogP contribution in [0.25, 0.3) is 0 Å². The molecule has 0 spiro atoms. The van der Waals surface area contributed by atoms with E-state index in [0.29, 0.717) is 5.02 Å². The lowest BCUT2D eigenvalue weighted by atomic mass is 9.83. The predicted octanol–water partition coefficient (Wildman–Crippen LogP) is 5.89. The molecule has 1 unspecified atom stereocenters. The Morgan fingerprint density at radius 1 is 0.724 bits per heavy atom. The molecule has 0 amide bonds. The number of benzene rings is 3. The quantitative estimate of drug-likeness (QED) is 0.311. The molecule has 152 valence electrons. The second-order valence-electron chi connectivity index (χ2n) is 6.11. The number of hydrogen-bond acceptors (Lipinski definition) is 4. The van der Waals surface area contributed by atoms with Gasteiger partial charge in [-0.25, -0.2) is 0 Å². The van der Waals surface area contributed by atoms with Crippen molar-refractivity contribution < 1.29 is 23.2 Å². The molecule has 0 bridgehead atoms. The predicted molar refractivity (Wildman–Crippen MR) is 114 cm³/mol. The molecule has 0 heterocycles. The minimum absolute atomic E-state index is 0.00805. The summed E-state index contributed by atoms with van der Waals surface area (Å²) < 4.78 is 33.8. The number of phenols is 2. The fourth-order valence-corrected chi connectivity index (χ4v) is 5.29. The second kappa shape index (κ2) is 7.87. The molecule has 0 saturated carbocycles. The Labute approximate surface area is 186 Å². The zero-order valence-electron chi connectivity index (χ0n) is 14.3. The van der Waals surface area contributed by atoms with Crippen molar-refractivity contribution in [3.63, 3.8) is 0 Å². The summed E-state index contributed by atoms with van der Waals surface area (Å²) in [6.45, 7) is 0. The van der Waals surface area contributed by atoms with Crippen LogP contribution in [-0.2, 0) is 14.9 Å². The zero-order chi connectivity index (χ0) is 21.6. The minimum Gasteiger partial charge on any atom is -0.508 e. The lowest BCUT2D eigenvalue weighted by molar-refractivity contribution is 0.428. The van der Waals surface area contributed by atoms with Gasteiger partial charge in [-0.1, -0.05) is 58.5 Å². The van der Waals surface area contributed by atoms with E-state index < -0.39 is 26.4 Å². The van der Waals surface area contributed by atoms with Crippen molar-refractivity contribution in [2.75, 3.05) is 0 Å². The Hall–Kier alpha value is -1.67. The Morgan fingerprint density at radius 2 is 1.28 bits per heavy atom. The molecule has 3 aromatic rings. The summed E-state index contributed by atoms with van der Waals surface area (Å²) in [6, 6.07) is 11.4. The van der Waals surface area contributed by atoms with Gasteiger partial charge in [0, 0.05) is 26.2 Å². The summed E-state index contributed by atoms with van der Waals surface area (Å²) in [5.41, 5.74) is -0.739. The van der Waals surface area contributed by atoms with Crippen LogP contribution in [0.5, 0.6) is 11.5 Å². The van der Waals surface area contributed by atoms with Crippen molar-refractivity contribution in [1.82, 2.24) is 0 Å². The smallest absolute Gasteiger partial charge is 0.283 e. The van der Waals surface area contributed by atoms with E-state index in [0.717, 1.165) is 18.2 Å². The Balaban J connectivity index is 2.63. The molecule has 29 heavy (non-hydrogen) atoms. The van der Waals surface area contributed by atoms with Gasteiger partial charge in [-0.15, -0.1) is 0 Å². The number of halogens is 4. The third-order valence-corrected chi connectivity index (χ3v) is 6.83. The van der Waals surface area contributed by atoms with Crippen LogP contribution in [0, 0.1) is 0 Å². The van der Waals surface area contributed by atoms with Crippen molar-refractivity contribution in [3.8, 4) is 11.5 Å². The summed E-state index contributed by atoms with van der Waals surface area (Å²) in [5.74, 6) is -1.15. The largest absolute Gasteiger partial charge is 0.508 e. The van der Waals surface area contributed by atoms with E-state index in [-0.39, 0.29) is 31.8 Å². The molecule has 3 rings (SSSR count). The highest BCUT2D eigenvalue weighted by molar-refractivity contribution is 7.87.